The van der Waals surface area contributed by atoms with Crippen LogP contribution in [-0.2, 0) is 21.9 Å². The van der Waals surface area contributed by atoms with Crippen LogP contribution >= 0.6 is 11.8 Å². The lowest BCUT2D eigenvalue weighted by atomic mass is 10.1. The zero-order chi connectivity index (χ0) is 17.5. The van der Waals surface area contributed by atoms with Gasteiger partial charge in [-0.15, -0.1) is 6.58 Å². The molecule has 24 heavy (non-hydrogen) atoms. The van der Waals surface area contributed by atoms with Gasteiger partial charge in [-0.2, -0.15) is 11.8 Å². The number of carbonyl (C=O) groups is 2. The van der Waals surface area contributed by atoms with E-state index >= 15 is 0 Å². The molecular formula is C17H21N3O3S. The van der Waals surface area contributed by atoms with E-state index in [1.807, 2.05) is 35.1 Å². The van der Waals surface area contributed by atoms with Crippen molar-refractivity contribution in [3.63, 3.8) is 0 Å². The van der Waals surface area contributed by atoms with Crippen molar-refractivity contribution in [3.05, 3.63) is 42.7 Å². The van der Waals surface area contributed by atoms with Gasteiger partial charge in [0, 0.05) is 0 Å². The number of amides is 1. The number of rotatable bonds is 9. The summed E-state index contributed by atoms with van der Waals surface area (Å²) >= 11 is 1.62. The average Bonchev–Trinajstić information content (AvgIpc) is 2.89. The molecule has 1 unspecified atom stereocenters. The van der Waals surface area contributed by atoms with Gasteiger partial charge in [-0.05, 0) is 31.2 Å². The van der Waals surface area contributed by atoms with Gasteiger partial charge in [0.25, 0.3) is 0 Å². The summed E-state index contributed by atoms with van der Waals surface area (Å²) in [7, 11) is 0. The molecule has 0 aliphatic heterocycles. The first-order valence-corrected chi connectivity index (χ1v) is 9.02. The first-order valence-electron chi connectivity index (χ1n) is 7.63. The standard InChI is InChI=1S/C17H21N3O3S/c1-3-4-7-13(17(22)23)19-16(21)10-20-14-9-6-5-8-12(14)18-15(20)11-24-2/h3,5-6,8-9,13H,1,4,7,10-11H2,2H3,(H,19,21)(H,22,23). The van der Waals surface area contributed by atoms with Gasteiger partial charge >= 0.3 is 5.97 Å². The number of hydrogen-bond donors (Lipinski definition) is 2. The monoisotopic (exact) mass is 347 g/mol. The van der Waals surface area contributed by atoms with E-state index in [4.69, 9.17) is 0 Å². The van der Waals surface area contributed by atoms with Crippen LogP contribution in [0.2, 0.25) is 0 Å². The highest BCUT2D eigenvalue weighted by Gasteiger charge is 2.20. The van der Waals surface area contributed by atoms with Crippen molar-refractivity contribution < 1.29 is 14.7 Å². The van der Waals surface area contributed by atoms with Crippen molar-refractivity contribution in [3.8, 4) is 0 Å². The summed E-state index contributed by atoms with van der Waals surface area (Å²) in [6.45, 7) is 3.63. The molecule has 2 N–H and O–H groups in total. The van der Waals surface area contributed by atoms with Crippen molar-refractivity contribution in [2.24, 2.45) is 0 Å². The number of nitrogens with one attached hydrogen (secondary N) is 1. The van der Waals surface area contributed by atoms with Crippen LogP contribution in [0, 0.1) is 0 Å². The third-order valence-corrected chi connectivity index (χ3v) is 4.15. The van der Waals surface area contributed by atoms with E-state index in [0.717, 1.165) is 16.9 Å². The molecule has 0 spiro atoms. The fourth-order valence-corrected chi connectivity index (χ4v) is 2.95. The molecule has 0 radical (unpaired) electrons. The normalized spacial score (nSPS) is 12.0. The summed E-state index contributed by atoms with van der Waals surface area (Å²) in [5.74, 6) is 0.111. The molecule has 2 rings (SSSR count). The molecule has 0 aliphatic carbocycles. The quantitative estimate of drug-likeness (QED) is 0.681. The Morgan fingerprint density at radius 1 is 1.46 bits per heavy atom. The fourth-order valence-electron chi connectivity index (χ4n) is 2.47. The van der Waals surface area contributed by atoms with E-state index in [2.05, 4.69) is 16.9 Å². The predicted octanol–water partition coefficient (Wildman–Crippen LogP) is 2.43. The van der Waals surface area contributed by atoms with Gasteiger partial charge in [0.1, 0.15) is 18.4 Å². The molecule has 7 heteroatoms. The molecule has 0 saturated heterocycles. The highest BCUT2D eigenvalue weighted by atomic mass is 32.2. The fraction of sp³-hybridized carbons (Fsp3) is 0.353. The number of fused-ring (bicyclic) bond motifs is 1. The third-order valence-electron chi connectivity index (χ3n) is 3.60. The van der Waals surface area contributed by atoms with Crippen molar-refractivity contribution in [2.45, 2.75) is 31.2 Å². The Bertz CT molecular complexity index is 742. The van der Waals surface area contributed by atoms with Crippen LogP contribution in [0.25, 0.3) is 11.0 Å². The molecule has 128 valence electrons. The minimum atomic E-state index is -1.04. The van der Waals surface area contributed by atoms with E-state index in [0.29, 0.717) is 18.6 Å². The number of aromatic nitrogens is 2. The van der Waals surface area contributed by atoms with Gasteiger partial charge < -0.3 is 15.0 Å². The maximum absolute atomic E-state index is 12.3. The molecule has 0 aliphatic rings. The number of carboxylic acids is 1. The molecule has 2 aromatic rings. The summed E-state index contributed by atoms with van der Waals surface area (Å²) in [5.41, 5.74) is 1.70. The van der Waals surface area contributed by atoms with E-state index in [-0.39, 0.29) is 12.5 Å². The summed E-state index contributed by atoms with van der Waals surface area (Å²) in [6.07, 6.45) is 4.47. The second-order valence-electron chi connectivity index (χ2n) is 5.36. The van der Waals surface area contributed by atoms with E-state index in [1.54, 1.807) is 17.8 Å². The van der Waals surface area contributed by atoms with Crippen molar-refractivity contribution in [2.75, 3.05) is 6.26 Å². The van der Waals surface area contributed by atoms with Crippen molar-refractivity contribution in [1.29, 1.82) is 0 Å². The van der Waals surface area contributed by atoms with Crippen LogP contribution in [0.3, 0.4) is 0 Å². The minimum absolute atomic E-state index is 0.0499. The largest absolute Gasteiger partial charge is 0.480 e. The Labute approximate surface area is 145 Å². The molecule has 1 atom stereocenters. The van der Waals surface area contributed by atoms with Gasteiger partial charge in [0.15, 0.2) is 0 Å². The third kappa shape index (κ3) is 4.38. The Hall–Kier alpha value is -2.28. The number of thioether (sulfide) groups is 1. The summed E-state index contributed by atoms with van der Waals surface area (Å²) in [6, 6.07) is 6.70. The second kappa shape index (κ2) is 8.54. The van der Waals surface area contributed by atoms with Crippen LogP contribution in [0.4, 0.5) is 0 Å². The smallest absolute Gasteiger partial charge is 0.326 e. The average molecular weight is 347 g/mol. The summed E-state index contributed by atoms with van der Waals surface area (Å²) in [5, 5.41) is 11.8. The Morgan fingerprint density at radius 2 is 2.21 bits per heavy atom. The second-order valence-corrected chi connectivity index (χ2v) is 6.23. The lowest BCUT2D eigenvalue weighted by Gasteiger charge is -2.15. The highest BCUT2D eigenvalue weighted by Crippen LogP contribution is 2.18. The van der Waals surface area contributed by atoms with Crippen LogP contribution < -0.4 is 5.32 Å². The van der Waals surface area contributed by atoms with Gasteiger partial charge in [-0.1, -0.05) is 18.2 Å². The number of para-hydroxylation sites is 2. The lowest BCUT2D eigenvalue weighted by Crippen LogP contribution is -2.42. The van der Waals surface area contributed by atoms with Gasteiger partial charge in [0.05, 0.1) is 16.8 Å². The maximum Gasteiger partial charge on any atom is 0.326 e. The Kier molecular flexibility index (Phi) is 6.43. The summed E-state index contributed by atoms with van der Waals surface area (Å²) < 4.78 is 1.84. The van der Waals surface area contributed by atoms with Crippen LogP contribution in [0.15, 0.2) is 36.9 Å². The Balaban J connectivity index is 2.18. The number of aliphatic carboxylic acids is 1. The minimum Gasteiger partial charge on any atom is -0.480 e. The highest BCUT2D eigenvalue weighted by molar-refractivity contribution is 7.97. The number of benzene rings is 1. The molecule has 1 aromatic carbocycles. The molecule has 1 aromatic heterocycles. The molecule has 0 fully saturated rings. The zero-order valence-electron chi connectivity index (χ0n) is 13.6. The molecule has 0 saturated carbocycles. The molecule has 1 heterocycles. The zero-order valence-corrected chi connectivity index (χ0v) is 14.4. The van der Waals surface area contributed by atoms with E-state index < -0.39 is 12.0 Å². The number of carboxylic acid groups (broad SMARTS) is 1. The van der Waals surface area contributed by atoms with E-state index in [9.17, 15) is 14.7 Å². The van der Waals surface area contributed by atoms with E-state index in [1.165, 1.54) is 0 Å². The number of carbonyl (C=O) groups excluding carboxylic acids is 1. The molecule has 6 nitrogen and oxygen atoms in total. The maximum atomic E-state index is 12.3. The van der Waals surface area contributed by atoms with Gasteiger partial charge in [0.2, 0.25) is 5.91 Å². The molecule has 1 amide bonds. The first kappa shape index (κ1) is 18.1. The van der Waals surface area contributed by atoms with Crippen LogP contribution in [-0.4, -0.2) is 38.8 Å². The van der Waals surface area contributed by atoms with Crippen molar-refractivity contribution >= 4 is 34.7 Å². The van der Waals surface area contributed by atoms with Crippen molar-refractivity contribution in [1.82, 2.24) is 14.9 Å². The number of imidazole rings is 1. The topological polar surface area (TPSA) is 84.2 Å². The van der Waals surface area contributed by atoms with Crippen LogP contribution in [0.5, 0.6) is 0 Å². The number of hydrogen-bond acceptors (Lipinski definition) is 4. The molecular weight excluding hydrogens is 326 g/mol. The molecule has 0 bridgehead atoms. The SMILES string of the molecule is C=CCCC(NC(=O)Cn1c(CSC)nc2ccccc21)C(=O)O. The van der Waals surface area contributed by atoms with Gasteiger partial charge in [-0.3, -0.25) is 4.79 Å². The van der Waals surface area contributed by atoms with Crippen LogP contribution in [0.1, 0.15) is 18.7 Å². The summed E-state index contributed by atoms with van der Waals surface area (Å²) in [4.78, 5) is 28.1. The predicted molar refractivity (Wildman–Crippen MR) is 95.9 cm³/mol. The number of allylic oxidation sites excluding steroid dienone is 1. The first-order chi connectivity index (χ1) is 11.6. The number of nitrogens with zero attached hydrogens (tertiary/aromatic N) is 2. The van der Waals surface area contributed by atoms with Gasteiger partial charge in [-0.25, -0.2) is 9.78 Å². The Morgan fingerprint density at radius 3 is 2.88 bits per heavy atom. The lowest BCUT2D eigenvalue weighted by molar-refractivity contribution is -0.142.